The molecule has 0 bridgehead atoms. The van der Waals surface area contributed by atoms with Crippen molar-refractivity contribution in [2.24, 2.45) is 5.10 Å². The number of anilines is 1. The number of aromatic hydroxyl groups is 2. The minimum atomic E-state index is -0.379. The van der Waals surface area contributed by atoms with Crippen molar-refractivity contribution >= 4 is 28.6 Å². The minimum Gasteiger partial charge on any atom is -0.508 e. The zero-order valence-corrected chi connectivity index (χ0v) is 11.0. The number of hydrazone groups is 1. The van der Waals surface area contributed by atoms with Crippen LogP contribution in [0.25, 0.3) is 0 Å². The first-order valence-electron chi connectivity index (χ1n) is 5.46. The quantitative estimate of drug-likeness (QED) is 0.471. The van der Waals surface area contributed by atoms with Crippen LogP contribution in [0, 0.1) is 0 Å². The Bertz CT molecular complexity index is 655. The van der Waals surface area contributed by atoms with Crippen molar-refractivity contribution in [2.45, 2.75) is 6.42 Å². The van der Waals surface area contributed by atoms with Gasteiger partial charge in [0.25, 0.3) is 0 Å². The van der Waals surface area contributed by atoms with E-state index in [2.05, 4.69) is 20.7 Å². The van der Waals surface area contributed by atoms with E-state index in [0.717, 1.165) is 11.3 Å². The normalized spacial score (nSPS) is 10.8. The van der Waals surface area contributed by atoms with Crippen LogP contribution in [0.15, 0.2) is 23.3 Å². The van der Waals surface area contributed by atoms with E-state index in [1.807, 2.05) is 0 Å². The van der Waals surface area contributed by atoms with Gasteiger partial charge in [-0.05, 0) is 12.1 Å². The molecule has 1 heterocycles. The number of phenolic OH excluding ortho intramolecular Hbond substituents is 2. The van der Waals surface area contributed by atoms with Gasteiger partial charge in [-0.1, -0.05) is 11.3 Å². The second-order valence-electron chi connectivity index (χ2n) is 3.75. The summed E-state index contributed by atoms with van der Waals surface area (Å²) >= 11 is 1.13. The molecule has 0 fully saturated rings. The monoisotopic (exact) mass is 293 g/mol. The lowest BCUT2D eigenvalue weighted by Gasteiger charge is -1.99. The maximum atomic E-state index is 11.5. The van der Waals surface area contributed by atoms with Crippen LogP contribution < -0.4 is 11.2 Å². The summed E-state index contributed by atoms with van der Waals surface area (Å²) in [5, 5.41) is 30.4. The molecule has 0 aliphatic heterocycles. The van der Waals surface area contributed by atoms with Crippen molar-refractivity contribution in [1.82, 2.24) is 15.6 Å². The Hall–Kier alpha value is -2.68. The van der Waals surface area contributed by atoms with Crippen LogP contribution in [0.2, 0.25) is 0 Å². The molecule has 104 valence electrons. The maximum Gasteiger partial charge on any atom is 0.247 e. The van der Waals surface area contributed by atoms with Gasteiger partial charge >= 0.3 is 0 Å². The highest BCUT2D eigenvalue weighted by Gasteiger charge is 2.07. The second-order valence-corrected chi connectivity index (χ2v) is 4.84. The maximum absolute atomic E-state index is 11.5. The van der Waals surface area contributed by atoms with Gasteiger partial charge in [0.15, 0.2) is 0 Å². The molecular formula is C11H11N5O3S. The molecule has 0 aliphatic rings. The van der Waals surface area contributed by atoms with E-state index in [1.165, 1.54) is 24.4 Å². The van der Waals surface area contributed by atoms with Gasteiger partial charge in [0.05, 0.1) is 12.6 Å². The zero-order valence-electron chi connectivity index (χ0n) is 10.1. The molecule has 1 amide bonds. The van der Waals surface area contributed by atoms with Gasteiger partial charge in [0, 0.05) is 11.6 Å². The molecule has 8 nitrogen and oxygen atoms in total. The first-order valence-corrected chi connectivity index (χ1v) is 6.28. The molecular weight excluding hydrogens is 282 g/mol. The predicted molar refractivity (Wildman–Crippen MR) is 73.5 cm³/mol. The van der Waals surface area contributed by atoms with Crippen molar-refractivity contribution in [3.05, 3.63) is 28.8 Å². The number of carbonyl (C=O) groups is 1. The lowest BCUT2D eigenvalue weighted by atomic mass is 10.2. The average Bonchev–Trinajstić information content (AvgIpc) is 2.77. The smallest absolute Gasteiger partial charge is 0.247 e. The first kappa shape index (κ1) is 13.7. The molecule has 0 saturated heterocycles. The summed E-state index contributed by atoms with van der Waals surface area (Å²) in [7, 11) is 0. The summed E-state index contributed by atoms with van der Waals surface area (Å²) in [5.41, 5.74) is 8.04. The van der Waals surface area contributed by atoms with Crippen LogP contribution >= 0.6 is 11.3 Å². The number of rotatable bonds is 4. The van der Waals surface area contributed by atoms with E-state index in [4.69, 9.17) is 10.8 Å². The lowest BCUT2D eigenvalue weighted by molar-refractivity contribution is -0.120. The Kier molecular flexibility index (Phi) is 4.11. The van der Waals surface area contributed by atoms with Gasteiger partial charge < -0.3 is 15.9 Å². The predicted octanol–water partition coefficient (Wildman–Crippen LogP) is 0.224. The van der Waals surface area contributed by atoms with Crippen LogP contribution in [-0.4, -0.2) is 32.5 Å². The number of benzene rings is 1. The van der Waals surface area contributed by atoms with Gasteiger partial charge in [0.2, 0.25) is 11.0 Å². The number of nitrogens with two attached hydrogens (primary N) is 1. The number of nitrogens with zero attached hydrogens (tertiary/aromatic N) is 3. The highest BCUT2D eigenvalue weighted by atomic mass is 32.1. The largest absolute Gasteiger partial charge is 0.508 e. The molecule has 9 heteroatoms. The van der Waals surface area contributed by atoms with Crippen LogP contribution in [0.3, 0.4) is 0 Å². The lowest BCUT2D eigenvalue weighted by Crippen LogP contribution is -2.19. The van der Waals surface area contributed by atoms with Crippen molar-refractivity contribution < 1.29 is 15.0 Å². The summed E-state index contributed by atoms with van der Waals surface area (Å²) in [6, 6.07) is 4.03. The van der Waals surface area contributed by atoms with E-state index >= 15 is 0 Å². The number of hydrogen-bond donors (Lipinski definition) is 4. The summed E-state index contributed by atoms with van der Waals surface area (Å²) in [6.45, 7) is 0. The Balaban J connectivity index is 1.91. The highest BCUT2D eigenvalue weighted by Crippen LogP contribution is 2.20. The summed E-state index contributed by atoms with van der Waals surface area (Å²) in [5.74, 6) is -0.576. The molecule has 0 atom stereocenters. The van der Waals surface area contributed by atoms with Crippen LogP contribution in [0.5, 0.6) is 11.5 Å². The molecule has 2 rings (SSSR count). The number of carbonyl (C=O) groups excluding carboxylic acids is 1. The summed E-state index contributed by atoms with van der Waals surface area (Å²) in [4.78, 5) is 11.5. The summed E-state index contributed by atoms with van der Waals surface area (Å²) in [6.07, 6.45) is 1.29. The molecule has 1 aromatic heterocycles. The van der Waals surface area contributed by atoms with Crippen molar-refractivity contribution in [3.63, 3.8) is 0 Å². The molecule has 20 heavy (non-hydrogen) atoms. The van der Waals surface area contributed by atoms with E-state index in [1.54, 1.807) is 0 Å². The molecule has 5 N–H and O–H groups in total. The van der Waals surface area contributed by atoms with Crippen LogP contribution in [0.1, 0.15) is 10.6 Å². The number of amides is 1. The fraction of sp³-hybridized carbons (Fsp3) is 0.0909. The molecule has 0 unspecified atom stereocenters. The molecule has 0 saturated carbocycles. The number of nitrogen functional groups attached to an aromatic ring is 1. The number of hydrogen-bond acceptors (Lipinski definition) is 8. The van der Waals surface area contributed by atoms with E-state index in [0.29, 0.717) is 15.7 Å². The Morgan fingerprint density at radius 3 is 2.90 bits per heavy atom. The first-order chi connectivity index (χ1) is 9.54. The molecule has 1 aromatic carbocycles. The third-order valence-corrected chi connectivity index (χ3v) is 2.95. The molecule has 0 aliphatic carbocycles. The van der Waals surface area contributed by atoms with Gasteiger partial charge in [-0.25, -0.2) is 5.43 Å². The Morgan fingerprint density at radius 2 is 2.25 bits per heavy atom. The van der Waals surface area contributed by atoms with Crippen molar-refractivity contribution in [2.75, 3.05) is 5.73 Å². The average molecular weight is 293 g/mol. The SMILES string of the molecule is Nc1nnc(CC(=O)N/N=C\c2ccc(O)cc2O)s1. The van der Waals surface area contributed by atoms with E-state index in [9.17, 15) is 9.90 Å². The Morgan fingerprint density at radius 1 is 1.45 bits per heavy atom. The van der Waals surface area contributed by atoms with E-state index in [-0.39, 0.29) is 23.8 Å². The fourth-order valence-electron chi connectivity index (χ4n) is 1.33. The second kappa shape index (κ2) is 5.97. The Labute approximate surface area is 117 Å². The molecule has 2 aromatic rings. The molecule has 0 spiro atoms. The number of aromatic nitrogens is 2. The third-order valence-electron chi connectivity index (χ3n) is 2.20. The minimum absolute atomic E-state index is 0.0216. The third kappa shape index (κ3) is 3.65. The van der Waals surface area contributed by atoms with Crippen molar-refractivity contribution in [1.29, 1.82) is 0 Å². The van der Waals surface area contributed by atoms with Gasteiger partial charge in [0.1, 0.15) is 16.5 Å². The molecule has 0 radical (unpaired) electrons. The van der Waals surface area contributed by atoms with Gasteiger partial charge in [-0.2, -0.15) is 5.10 Å². The van der Waals surface area contributed by atoms with Crippen molar-refractivity contribution in [3.8, 4) is 11.5 Å². The number of nitrogens with one attached hydrogen (secondary N) is 1. The van der Waals surface area contributed by atoms with Crippen LogP contribution in [-0.2, 0) is 11.2 Å². The standard InChI is InChI=1S/C11H11N5O3S/c12-11-16-15-10(20-11)4-9(19)14-13-5-6-1-2-7(17)3-8(6)18/h1-3,5,17-18H,4H2,(H2,12,16)(H,14,19)/b13-5-. The van der Waals surface area contributed by atoms with Gasteiger partial charge in [-0.15, -0.1) is 10.2 Å². The topological polar surface area (TPSA) is 134 Å². The summed E-state index contributed by atoms with van der Waals surface area (Å²) < 4.78 is 0. The number of phenols is 2. The zero-order chi connectivity index (χ0) is 14.5. The highest BCUT2D eigenvalue weighted by molar-refractivity contribution is 7.15. The van der Waals surface area contributed by atoms with Crippen LogP contribution in [0.4, 0.5) is 5.13 Å². The van der Waals surface area contributed by atoms with E-state index < -0.39 is 0 Å². The fourth-order valence-corrected chi connectivity index (χ4v) is 1.94. The van der Waals surface area contributed by atoms with Gasteiger partial charge in [-0.3, -0.25) is 4.79 Å².